The number of ether oxygens (including phenoxy) is 1. The third-order valence-corrected chi connectivity index (χ3v) is 2.71. The molecule has 1 aromatic rings. The Hall–Kier alpha value is -1.22. The normalized spacial score (nSPS) is 15.4. The maximum Gasteiger partial charge on any atom is 0.415 e. The van der Waals surface area contributed by atoms with E-state index in [0.29, 0.717) is 10.8 Å². The Morgan fingerprint density at radius 3 is 2.60 bits per heavy atom. The summed E-state index contributed by atoms with van der Waals surface area (Å²) in [5, 5.41) is 0.463. The maximum atomic E-state index is 11.6. The highest BCUT2D eigenvalue weighted by Crippen LogP contribution is 2.24. The number of nitrogens with zero attached hydrogens (tertiary/aromatic N) is 1. The summed E-state index contributed by atoms with van der Waals surface area (Å²) in [6.07, 6.45) is 1.80. The van der Waals surface area contributed by atoms with Gasteiger partial charge in [-0.05, 0) is 25.0 Å². The Labute approximate surface area is 93.6 Å². The summed E-state index contributed by atoms with van der Waals surface area (Å²) in [5.74, 6) is 0.427. The van der Waals surface area contributed by atoms with Crippen LogP contribution in [0.15, 0.2) is 24.3 Å². The second kappa shape index (κ2) is 4.53. The van der Waals surface area contributed by atoms with Crippen LogP contribution < -0.4 is 4.74 Å². The lowest BCUT2D eigenvalue weighted by Crippen LogP contribution is -2.30. The van der Waals surface area contributed by atoms with Crippen LogP contribution >= 0.6 is 11.6 Å². The number of hydrogen-bond donors (Lipinski definition) is 0. The molecule has 0 radical (unpaired) electrons. The van der Waals surface area contributed by atoms with Gasteiger partial charge >= 0.3 is 6.09 Å². The fraction of sp³-hybridized carbons (Fsp3) is 0.364. The van der Waals surface area contributed by atoms with E-state index in [9.17, 15) is 4.79 Å². The van der Waals surface area contributed by atoms with Gasteiger partial charge in [-0.2, -0.15) is 0 Å². The van der Waals surface area contributed by atoms with Crippen molar-refractivity contribution in [3.05, 3.63) is 29.3 Å². The van der Waals surface area contributed by atoms with Gasteiger partial charge in [0.1, 0.15) is 0 Å². The lowest BCUT2D eigenvalue weighted by Gasteiger charge is -2.15. The third kappa shape index (κ3) is 2.42. The highest BCUT2D eigenvalue weighted by atomic mass is 35.5. The minimum absolute atomic E-state index is 0.305. The molecule has 1 fully saturated rings. The molecular weight excluding hydrogens is 214 g/mol. The number of rotatable bonds is 1. The van der Waals surface area contributed by atoms with Crippen LogP contribution in [0.4, 0.5) is 4.79 Å². The summed E-state index contributed by atoms with van der Waals surface area (Å²) < 4.78 is 5.18. The molecule has 1 aliphatic heterocycles. The van der Waals surface area contributed by atoms with E-state index in [4.69, 9.17) is 16.3 Å². The van der Waals surface area contributed by atoms with Crippen molar-refractivity contribution in [3.8, 4) is 5.75 Å². The van der Waals surface area contributed by atoms with Gasteiger partial charge in [-0.1, -0.05) is 23.7 Å². The van der Waals surface area contributed by atoms with Gasteiger partial charge < -0.3 is 9.64 Å². The zero-order chi connectivity index (χ0) is 10.7. The zero-order valence-electron chi connectivity index (χ0n) is 8.28. The third-order valence-electron chi connectivity index (χ3n) is 2.40. The van der Waals surface area contributed by atoms with Crippen LogP contribution in [-0.4, -0.2) is 24.1 Å². The van der Waals surface area contributed by atoms with Crippen molar-refractivity contribution in [3.63, 3.8) is 0 Å². The molecule has 0 N–H and O–H groups in total. The molecule has 0 bridgehead atoms. The van der Waals surface area contributed by atoms with Crippen LogP contribution in [0.5, 0.6) is 5.75 Å². The van der Waals surface area contributed by atoms with Crippen LogP contribution in [-0.2, 0) is 0 Å². The number of halogens is 1. The van der Waals surface area contributed by atoms with Gasteiger partial charge in [-0.3, -0.25) is 0 Å². The molecule has 1 amide bonds. The van der Waals surface area contributed by atoms with Crippen LogP contribution in [0.3, 0.4) is 0 Å². The van der Waals surface area contributed by atoms with Gasteiger partial charge in [0.15, 0.2) is 5.75 Å². The average molecular weight is 226 g/mol. The van der Waals surface area contributed by atoms with E-state index in [1.54, 1.807) is 29.2 Å². The lowest BCUT2D eigenvalue weighted by molar-refractivity contribution is 0.163. The van der Waals surface area contributed by atoms with Crippen molar-refractivity contribution < 1.29 is 9.53 Å². The Kier molecular flexibility index (Phi) is 3.11. The number of carbonyl (C=O) groups is 1. The summed E-state index contributed by atoms with van der Waals surface area (Å²) in [6.45, 7) is 1.56. The monoisotopic (exact) mass is 225 g/mol. The minimum Gasteiger partial charge on any atom is -0.409 e. The molecule has 1 aromatic carbocycles. The predicted octanol–water partition coefficient (Wildman–Crippen LogP) is 2.93. The first-order valence-electron chi connectivity index (χ1n) is 4.98. The molecule has 0 aliphatic carbocycles. The maximum absolute atomic E-state index is 11.6. The van der Waals surface area contributed by atoms with Gasteiger partial charge in [0.25, 0.3) is 0 Å². The molecule has 1 saturated heterocycles. The highest BCUT2D eigenvalue weighted by Gasteiger charge is 2.20. The van der Waals surface area contributed by atoms with Crippen molar-refractivity contribution in [2.45, 2.75) is 12.8 Å². The fourth-order valence-electron chi connectivity index (χ4n) is 1.59. The van der Waals surface area contributed by atoms with Gasteiger partial charge in [0.05, 0.1) is 5.02 Å². The van der Waals surface area contributed by atoms with Crippen molar-refractivity contribution in [1.29, 1.82) is 0 Å². The molecule has 0 spiro atoms. The highest BCUT2D eigenvalue weighted by molar-refractivity contribution is 6.32. The van der Waals surface area contributed by atoms with E-state index in [0.717, 1.165) is 25.9 Å². The Morgan fingerprint density at radius 1 is 1.27 bits per heavy atom. The summed E-state index contributed by atoms with van der Waals surface area (Å²) in [5.41, 5.74) is 0. The minimum atomic E-state index is -0.305. The van der Waals surface area contributed by atoms with E-state index in [1.807, 2.05) is 0 Å². The molecule has 3 nitrogen and oxygen atoms in total. The van der Waals surface area contributed by atoms with Crippen LogP contribution in [0, 0.1) is 0 Å². The molecule has 80 valence electrons. The smallest absolute Gasteiger partial charge is 0.409 e. The molecular formula is C11H12ClNO2. The summed E-state index contributed by atoms with van der Waals surface area (Å²) in [4.78, 5) is 13.3. The first-order valence-corrected chi connectivity index (χ1v) is 5.36. The van der Waals surface area contributed by atoms with Crippen molar-refractivity contribution in [2.24, 2.45) is 0 Å². The SMILES string of the molecule is O=C(Oc1ccccc1Cl)N1CCCC1. The predicted molar refractivity (Wildman–Crippen MR) is 58.3 cm³/mol. The average Bonchev–Trinajstić information content (AvgIpc) is 2.74. The number of carbonyl (C=O) groups excluding carboxylic acids is 1. The molecule has 4 heteroatoms. The molecule has 0 aromatic heterocycles. The number of amides is 1. The van der Waals surface area contributed by atoms with E-state index < -0.39 is 0 Å². The van der Waals surface area contributed by atoms with Gasteiger partial charge in [-0.15, -0.1) is 0 Å². The molecule has 0 saturated carbocycles. The molecule has 1 aliphatic rings. The molecule has 0 atom stereocenters. The molecule has 1 heterocycles. The largest absolute Gasteiger partial charge is 0.415 e. The quantitative estimate of drug-likeness (QED) is 0.736. The van der Waals surface area contributed by atoms with Gasteiger partial charge in [0, 0.05) is 13.1 Å². The standard InChI is InChI=1S/C11H12ClNO2/c12-9-5-1-2-6-10(9)15-11(14)13-7-3-4-8-13/h1-2,5-6H,3-4,7-8H2. The first-order chi connectivity index (χ1) is 7.27. The van der Waals surface area contributed by atoms with E-state index in [1.165, 1.54) is 0 Å². The zero-order valence-corrected chi connectivity index (χ0v) is 9.04. The molecule has 2 rings (SSSR count). The summed E-state index contributed by atoms with van der Waals surface area (Å²) in [6, 6.07) is 6.98. The second-order valence-corrected chi connectivity index (χ2v) is 3.90. The lowest BCUT2D eigenvalue weighted by atomic mass is 10.3. The van der Waals surface area contributed by atoms with Crippen LogP contribution in [0.25, 0.3) is 0 Å². The first kappa shape index (κ1) is 10.3. The van der Waals surface area contributed by atoms with E-state index in [2.05, 4.69) is 0 Å². The van der Waals surface area contributed by atoms with Crippen molar-refractivity contribution in [1.82, 2.24) is 4.90 Å². The Morgan fingerprint density at radius 2 is 1.93 bits per heavy atom. The topological polar surface area (TPSA) is 29.5 Å². The van der Waals surface area contributed by atoms with Crippen LogP contribution in [0.2, 0.25) is 5.02 Å². The summed E-state index contributed by atoms with van der Waals surface area (Å²) >= 11 is 5.88. The van der Waals surface area contributed by atoms with E-state index >= 15 is 0 Å². The number of benzene rings is 1. The summed E-state index contributed by atoms with van der Waals surface area (Å²) in [7, 11) is 0. The molecule has 0 unspecified atom stereocenters. The Bertz CT molecular complexity index is 361. The number of hydrogen-bond acceptors (Lipinski definition) is 2. The second-order valence-electron chi connectivity index (χ2n) is 3.49. The van der Waals surface area contributed by atoms with Crippen LogP contribution in [0.1, 0.15) is 12.8 Å². The van der Waals surface area contributed by atoms with Crippen molar-refractivity contribution >= 4 is 17.7 Å². The Balaban J connectivity index is 2.02. The van der Waals surface area contributed by atoms with E-state index in [-0.39, 0.29) is 6.09 Å². The van der Waals surface area contributed by atoms with Gasteiger partial charge in [-0.25, -0.2) is 4.79 Å². The molecule has 15 heavy (non-hydrogen) atoms. The van der Waals surface area contributed by atoms with Gasteiger partial charge in [0.2, 0.25) is 0 Å². The number of likely N-dealkylation sites (tertiary alicyclic amines) is 1. The number of para-hydroxylation sites is 1. The van der Waals surface area contributed by atoms with Crippen molar-refractivity contribution in [2.75, 3.05) is 13.1 Å². The fourth-order valence-corrected chi connectivity index (χ4v) is 1.76.